The highest BCUT2D eigenvalue weighted by Gasteiger charge is 2.27. The molecule has 6 heteroatoms. The Bertz CT molecular complexity index is 1060. The molecule has 1 aromatic carbocycles. The SMILES string of the molecule is C[C@H]1CCc2[nH]c3ccc(C(=O)N4CCN(C(=O)c5ccco5)CC4)cc3c2C1. The zero-order valence-corrected chi connectivity index (χ0v) is 16.6. The molecule has 0 bridgehead atoms. The number of hydrogen-bond donors (Lipinski definition) is 1. The summed E-state index contributed by atoms with van der Waals surface area (Å²) in [5, 5.41) is 1.18. The number of rotatable bonds is 2. The van der Waals surface area contributed by atoms with Crippen molar-refractivity contribution in [1.82, 2.24) is 14.8 Å². The van der Waals surface area contributed by atoms with Gasteiger partial charge in [-0.1, -0.05) is 6.92 Å². The van der Waals surface area contributed by atoms with Crippen LogP contribution in [0.5, 0.6) is 0 Å². The van der Waals surface area contributed by atoms with E-state index < -0.39 is 0 Å². The Labute approximate surface area is 169 Å². The molecular formula is C23H25N3O3. The average molecular weight is 391 g/mol. The first-order valence-corrected chi connectivity index (χ1v) is 10.4. The molecule has 3 heterocycles. The zero-order valence-electron chi connectivity index (χ0n) is 16.6. The lowest BCUT2D eigenvalue weighted by molar-refractivity contribution is 0.0518. The number of carbonyl (C=O) groups excluding carboxylic acids is 2. The van der Waals surface area contributed by atoms with Crippen molar-refractivity contribution in [2.75, 3.05) is 26.2 Å². The van der Waals surface area contributed by atoms with Gasteiger partial charge in [0, 0.05) is 48.3 Å². The van der Waals surface area contributed by atoms with E-state index in [4.69, 9.17) is 4.42 Å². The van der Waals surface area contributed by atoms with Crippen LogP contribution >= 0.6 is 0 Å². The van der Waals surface area contributed by atoms with E-state index in [0.717, 1.165) is 23.9 Å². The van der Waals surface area contributed by atoms with Gasteiger partial charge in [-0.3, -0.25) is 9.59 Å². The number of aryl methyl sites for hydroxylation is 1. The van der Waals surface area contributed by atoms with E-state index in [1.807, 2.05) is 23.1 Å². The lowest BCUT2D eigenvalue weighted by Crippen LogP contribution is -2.50. The molecule has 6 nitrogen and oxygen atoms in total. The fraction of sp³-hybridized carbons (Fsp3) is 0.391. The maximum absolute atomic E-state index is 13.1. The van der Waals surface area contributed by atoms with Gasteiger partial charge in [-0.2, -0.15) is 0 Å². The molecule has 1 aliphatic heterocycles. The first-order valence-electron chi connectivity index (χ1n) is 10.4. The van der Waals surface area contributed by atoms with Crippen molar-refractivity contribution >= 4 is 22.7 Å². The predicted octanol–water partition coefficient (Wildman–Crippen LogP) is 3.48. The van der Waals surface area contributed by atoms with Crippen molar-refractivity contribution in [3.63, 3.8) is 0 Å². The van der Waals surface area contributed by atoms with Crippen LogP contribution in [-0.4, -0.2) is 52.8 Å². The number of amides is 2. The summed E-state index contributed by atoms with van der Waals surface area (Å²) in [5.74, 6) is 0.953. The molecule has 0 radical (unpaired) electrons. The standard InChI is InChI=1S/C23H25N3O3/c1-15-4-6-19-17(13-15)18-14-16(5-7-20(18)24-19)22(27)25-8-10-26(11-9-25)23(28)21-3-2-12-29-21/h2-3,5,7,12,14-15,24H,4,6,8-11,13H2,1H3/t15-/m0/s1. The van der Waals surface area contributed by atoms with Crippen LogP contribution in [0, 0.1) is 5.92 Å². The number of piperazine rings is 1. The summed E-state index contributed by atoms with van der Waals surface area (Å²) in [6.45, 7) is 4.40. The molecule has 0 unspecified atom stereocenters. The molecule has 0 saturated carbocycles. The van der Waals surface area contributed by atoms with Crippen LogP contribution in [0.4, 0.5) is 0 Å². The molecule has 3 aromatic rings. The Morgan fingerprint density at radius 1 is 1.07 bits per heavy atom. The summed E-state index contributed by atoms with van der Waals surface area (Å²) in [5.41, 5.74) is 4.55. The summed E-state index contributed by atoms with van der Waals surface area (Å²) in [6, 6.07) is 9.38. The largest absolute Gasteiger partial charge is 0.459 e. The lowest BCUT2D eigenvalue weighted by Gasteiger charge is -2.34. The molecular weight excluding hydrogens is 366 g/mol. The van der Waals surface area contributed by atoms with Gasteiger partial charge in [0.05, 0.1) is 6.26 Å². The van der Waals surface area contributed by atoms with Gasteiger partial charge in [0.2, 0.25) is 0 Å². The third-order valence-corrected chi connectivity index (χ3v) is 6.27. The third kappa shape index (κ3) is 3.22. The summed E-state index contributed by atoms with van der Waals surface area (Å²) >= 11 is 0. The molecule has 150 valence electrons. The van der Waals surface area contributed by atoms with Gasteiger partial charge >= 0.3 is 0 Å². The van der Waals surface area contributed by atoms with Gasteiger partial charge < -0.3 is 19.2 Å². The number of furan rings is 1. The normalized spacial score (nSPS) is 19.4. The van der Waals surface area contributed by atoms with Gasteiger partial charge in [0.15, 0.2) is 5.76 Å². The van der Waals surface area contributed by atoms with Crippen LogP contribution in [0.1, 0.15) is 45.5 Å². The molecule has 29 heavy (non-hydrogen) atoms. The average Bonchev–Trinajstić information content (AvgIpc) is 3.40. The van der Waals surface area contributed by atoms with E-state index in [0.29, 0.717) is 37.9 Å². The number of H-pyrrole nitrogens is 1. The Morgan fingerprint density at radius 3 is 2.55 bits per heavy atom. The zero-order chi connectivity index (χ0) is 20.0. The van der Waals surface area contributed by atoms with Gasteiger partial charge in [-0.05, 0) is 61.1 Å². The Morgan fingerprint density at radius 2 is 1.83 bits per heavy atom. The number of hydrogen-bond acceptors (Lipinski definition) is 3. The maximum atomic E-state index is 13.1. The van der Waals surface area contributed by atoms with E-state index in [-0.39, 0.29) is 11.8 Å². The predicted molar refractivity (Wildman–Crippen MR) is 110 cm³/mol. The van der Waals surface area contributed by atoms with Crippen molar-refractivity contribution < 1.29 is 14.0 Å². The first kappa shape index (κ1) is 18.0. The van der Waals surface area contributed by atoms with E-state index in [1.54, 1.807) is 17.0 Å². The summed E-state index contributed by atoms with van der Waals surface area (Å²) < 4.78 is 5.20. The molecule has 1 N–H and O–H groups in total. The summed E-state index contributed by atoms with van der Waals surface area (Å²) in [7, 11) is 0. The van der Waals surface area contributed by atoms with Crippen LogP contribution in [0.2, 0.25) is 0 Å². The number of benzene rings is 1. The summed E-state index contributed by atoms with van der Waals surface area (Å²) in [4.78, 5) is 32.6. The van der Waals surface area contributed by atoms with E-state index in [1.165, 1.54) is 29.3 Å². The van der Waals surface area contributed by atoms with Crippen LogP contribution < -0.4 is 0 Å². The molecule has 0 spiro atoms. The van der Waals surface area contributed by atoms with Crippen molar-refractivity contribution in [3.05, 3.63) is 59.2 Å². The van der Waals surface area contributed by atoms with Crippen LogP contribution in [0.15, 0.2) is 41.0 Å². The minimum absolute atomic E-state index is 0.0378. The number of aromatic amines is 1. The minimum atomic E-state index is -0.114. The second kappa shape index (κ2) is 7.10. The highest BCUT2D eigenvalue weighted by Crippen LogP contribution is 2.32. The fourth-order valence-electron chi connectivity index (χ4n) is 4.58. The van der Waals surface area contributed by atoms with Crippen molar-refractivity contribution in [2.45, 2.75) is 26.2 Å². The van der Waals surface area contributed by atoms with Gasteiger partial charge in [0.25, 0.3) is 11.8 Å². The van der Waals surface area contributed by atoms with Gasteiger partial charge in [0.1, 0.15) is 0 Å². The number of nitrogens with zero attached hydrogens (tertiary/aromatic N) is 2. The maximum Gasteiger partial charge on any atom is 0.289 e. The molecule has 2 aromatic heterocycles. The number of carbonyl (C=O) groups is 2. The monoisotopic (exact) mass is 391 g/mol. The van der Waals surface area contributed by atoms with Crippen molar-refractivity contribution in [3.8, 4) is 0 Å². The lowest BCUT2D eigenvalue weighted by atomic mass is 9.87. The third-order valence-electron chi connectivity index (χ3n) is 6.27. The number of aromatic nitrogens is 1. The molecule has 2 aliphatic rings. The van der Waals surface area contributed by atoms with E-state index >= 15 is 0 Å². The quantitative estimate of drug-likeness (QED) is 0.727. The van der Waals surface area contributed by atoms with Gasteiger partial charge in [-0.25, -0.2) is 0 Å². The minimum Gasteiger partial charge on any atom is -0.459 e. The number of fused-ring (bicyclic) bond motifs is 3. The van der Waals surface area contributed by atoms with Crippen LogP contribution in [0.3, 0.4) is 0 Å². The van der Waals surface area contributed by atoms with Crippen molar-refractivity contribution in [2.24, 2.45) is 5.92 Å². The van der Waals surface area contributed by atoms with Crippen molar-refractivity contribution in [1.29, 1.82) is 0 Å². The second-order valence-corrected chi connectivity index (χ2v) is 8.25. The Hall–Kier alpha value is -3.02. The first-order chi connectivity index (χ1) is 14.1. The number of nitrogens with one attached hydrogen (secondary N) is 1. The Kier molecular flexibility index (Phi) is 4.42. The fourth-order valence-corrected chi connectivity index (χ4v) is 4.58. The smallest absolute Gasteiger partial charge is 0.289 e. The van der Waals surface area contributed by atoms with Crippen LogP contribution in [-0.2, 0) is 12.8 Å². The molecule has 1 fully saturated rings. The highest BCUT2D eigenvalue weighted by atomic mass is 16.3. The molecule has 1 atom stereocenters. The topological polar surface area (TPSA) is 69.6 Å². The van der Waals surface area contributed by atoms with E-state index in [9.17, 15) is 9.59 Å². The molecule has 1 saturated heterocycles. The van der Waals surface area contributed by atoms with E-state index in [2.05, 4.69) is 11.9 Å². The molecule has 2 amide bonds. The Balaban J connectivity index is 1.32. The van der Waals surface area contributed by atoms with Gasteiger partial charge in [-0.15, -0.1) is 0 Å². The second-order valence-electron chi connectivity index (χ2n) is 8.25. The van der Waals surface area contributed by atoms with Crippen LogP contribution in [0.25, 0.3) is 10.9 Å². The highest BCUT2D eigenvalue weighted by molar-refractivity contribution is 5.99. The summed E-state index contributed by atoms with van der Waals surface area (Å²) in [6.07, 6.45) is 4.87. The molecule has 5 rings (SSSR count). The molecule has 1 aliphatic carbocycles.